The van der Waals surface area contributed by atoms with Crippen LogP contribution in [0.25, 0.3) is 0 Å². The van der Waals surface area contributed by atoms with Gasteiger partial charge in [-0.3, -0.25) is 4.79 Å². The first kappa shape index (κ1) is 19.9. The number of nitrogens with zero attached hydrogens (tertiary/aromatic N) is 1. The molecule has 0 atom stereocenters. The van der Waals surface area contributed by atoms with Gasteiger partial charge in [-0.1, -0.05) is 30.3 Å². The number of hydrogen-bond acceptors (Lipinski definition) is 3. The molecule has 0 unspecified atom stereocenters. The molecule has 0 bridgehead atoms. The zero-order valence-corrected chi connectivity index (χ0v) is 16.6. The van der Waals surface area contributed by atoms with Crippen LogP contribution in [-0.2, 0) is 16.8 Å². The minimum atomic E-state index is -0.966. The van der Waals surface area contributed by atoms with Gasteiger partial charge in [-0.05, 0) is 56.9 Å². The van der Waals surface area contributed by atoms with Crippen molar-refractivity contribution in [2.24, 2.45) is 0 Å². The van der Waals surface area contributed by atoms with Gasteiger partial charge in [0, 0.05) is 24.3 Å². The lowest BCUT2D eigenvalue weighted by Gasteiger charge is -2.36. The fourth-order valence-electron chi connectivity index (χ4n) is 3.82. The number of benzene rings is 2. The average Bonchev–Trinajstić information content (AvgIpc) is 2.68. The molecule has 1 aliphatic rings. The number of nitrogens with one attached hydrogen (secondary N) is 1. The summed E-state index contributed by atoms with van der Waals surface area (Å²) in [6, 6.07) is 14.7. The second kappa shape index (κ2) is 8.46. The van der Waals surface area contributed by atoms with Crippen LogP contribution in [0, 0.1) is 0 Å². The van der Waals surface area contributed by atoms with Crippen LogP contribution >= 0.6 is 0 Å². The van der Waals surface area contributed by atoms with Gasteiger partial charge in [-0.2, -0.15) is 0 Å². The monoisotopic (exact) mass is 380 g/mol. The lowest BCUT2D eigenvalue weighted by atomic mass is 9.91. The summed E-state index contributed by atoms with van der Waals surface area (Å²) in [4.78, 5) is 26.0. The Kier molecular flexibility index (Phi) is 6.02. The van der Waals surface area contributed by atoms with E-state index in [9.17, 15) is 9.59 Å². The summed E-state index contributed by atoms with van der Waals surface area (Å²) in [5.74, 6) is -1.05. The van der Waals surface area contributed by atoms with E-state index >= 15 is 0 Å². The Morgan fingerprint density at radius 2 is 1.64 bits per heavy atom. The molecule has 1 saturated heterocycles. The molecular weight excluding hydrogens is 352 g/mol. The van der Waals surface area contributed by atoms with Crippen LogP contribution in [0.15, 0.2) is 48.5 Å². The summed E-state index contributed by atoms with van der Waals surface area (Å²) in [6.07, 6.45) is 3.90. The van der Waals surface area contributed by atoms with Crippen molar-refractivity contribution < 1.29 is 14.7 Å². The van der Waals surface area contributed by atoms with Crippen molar-refractivity contribution >= 4 is 17.6 Å². The van der Waals surface area contributed by atoms with Crippen molar-refractivity contribution in [3.63, 3.8) is 0 Å². The van der Waals surface area contributed by atoms with Gasteiger partial charge >= 0.3 is 5.97 Å². The summed E-state index contributed by atoms with van der Waals surface area (Å²) in [7, 11) is 0. The Morgan fingerprint density at radius 1 is 1.00 bits per heavy atom. The Bertz CT molecular complexity index is 837. The van der Waals surface area contributed by atoms with Crippen molar-refractivity contribution in [3.05, 3.63) is 65.2 Å². The Morgan fingerprint density at radius 3 is 2.29 bits per heavy atom. The highest BCUT2D eigenvalue weighted by atomic mass is 16.4. The van der Waals surface area contributed by atoms with Gasteiger partial charge in [0.05, 0.1) is 17.5 Å². The number of carboxylic acids is 1. The van der Waals surface area contributed by atoms with E-state index in [0.29, 0.717) is 0 Å². The van der Waals surface area contributed by atoms with E-state index in [1.54, 1.807) is 12.1 Å². The smallest absolute Gasteiger partial charge is 0.335 e. The predicted octanol–water partition coefficient (Wildman–Crippen LogP) is 3.97. The minimum Gasteiger partial charge on any atom is -0.478 e. The number of anilines is 1. The fourth-order valence-corrected chi connectivity index (χ4v) is 3.82. The Balaban J connectivity index is 1.72. The molecule has 2 N–H and O–H groups in total. The van der Waals surface area contributed by atoms with Crippen LogP contribution < -0.4 is 10.2 Å². The van der Waals surface area contributed by atoms with Crippen LogP contribution in [0.4, 0.5) is 5.69 Å². The Labute approximate surface area is 166 Å². The number of rotatable bonds is 6. The van der Waals surface area contributed by atoms with E-state index in [-0.39, 0.29) is 17.9 Å². The lowest BCUT2D eigenvalue weighted by molar-refractivity contribution is -0.122. The summed E-state index contributed by atoms with van der Waals surface area (Å²) in [5.41, 5.74) is 2.82. The molecule has 3 rings (SSSR count). The SMILES string of the molecule is CC(C)(NC(=O)Cc1ccc(C(=O)O)cc1)c1ccccc1N1CCCCC1. The molecule has 1 fully saturated rings. The van der Waals surface area contributed by atoms with Crippen molar-refractivity contribution in [2.75, 3.05) is 18.0 Å². The molecule has 0 aliphatic carbocycles. The third-order valence-corrected chi connectivity index (χ3v) is 5.29. The first-order valence-corrected chi connectivity index (χ1v) is 9.84. The third kappa shape index (κ3) is 4.71. The summed E-state index contributed by atoms with van der Waals surface area (Å²) >= 11 is 0. The second-order valence-corrected chi connectivity index (χ2v) is 7.92. The summed E-state index contributed by atoms with van der Waals surface area (Å²) < 4.78 is 0. The predicted molar refractivity (Wildman–Crippen MR) is 111 cm³/mol. The highest BCUT2D eigenvalue weighted by Crippen LogP contribution is 2.32. The van der Waals surface area contributed by atoms with E-state index in [2.05, 4.69) is 28.4 Å². The van der Waals surface area contributed by atoms with E-state index in [0.717, 1.165) is 24.2 Å². The van der Waals surface area contributed by atoms with Gasteiger partial charge in [0.15, 0.2) is 0 Å². The number of para-hydroxylation sites is 1. The van der Waals surface area contributed by atoms with Crippen molar-refractivity contribution in [2.45, 2.75) is 45.1 Å². The second-order valence-electron chi connectivity index (χ2n) is 7.92. The molecule has 148 valence electrons. The van der Waals surface area contributed by atoms with E-state index in [4.69, 9.17) is 5.11 Å². The number of hydrogen-bond donors (Lipinski definition) is 2. The number of aromatic carboxylic acids is 1. The van der Waals surface area contributed by atoms with Gasteiger partial charge in [0.1, 0.15) is 0 Å². The number of carboxylic acid groups (broad SMARTS) is 1. The van der Waals surface area contributed by atoms with Gasteiger partial charge in [0.25, 0.3) is 0 Å². The first-order chi connectivity index (χ1) is 13.4. The van der Waals surface area contributed by atoms with Gasteiger partial charge in [-0.15, -0.1) is 0 Å². The zero-order valence-electron chi connectivity index (χ0n) is 16.6. The first-order valence-electron chi connectivity index (χ1n) is 9.84. The highest BCUT2D eigenvalue weighted by Gasteiger charge is 2.27. The molecule has 5 nitrogen and oxygen atoms in total. The fraction of sp³-hybridized carbons (Fsp3) is 0.391. The largest absolute Gasteiger partial charge is 0.478 e. The molecule has 0 radical (unpaired) electrons. The average molecular weight is 380 g/mol. The van der Waals surface area contributed by atoms with Crippen LogP contribution in [0.1, 0.15) is 54.6 Å². The molecule has 0 saturated carbocycles. The van der Waals surface area contributed by atoms with Gasteiger partial charge in [-0.25, -0.2) is 4.79 Å². The molecule has 28 heavy (non-hydrogen) atoms. The van der Waals surface area contributed by atoms with Crippen molar-refractivity contribution in [1.29, 1.82) is 0 Å². The lowest BCUT2D eigenvalue weighted by Crippen LogP contribution is -2.43. The number of piperidine rings is 1. The van der Waals surface area contributed by atoms with Gasteiger partial charge < -0.3 is 15.3 Å². The molecule has 5 heteroatoms. The molecule has 1 heterocycles. The summed E-state index contributed by atoms with van der Waals surface area (Å²) in [5, 5.41) is 12.1. The quantitative estimate of drug-likeness (QED) is 0.796. The number of amides is 1. The topological polar surface area (TPSA) is 69.6 Å². The summed E-state index contributed by atoms with van der Waals surface area (Å²) in [6.45, 7) is 6.16. The highest BCUT2D eigenvalue weighted by molar-refractivity contribution is 5.88. The van der Waals surface area contributed by atoms with Crippen LogP contribution in [0.2, 0.25) is 0 Å². The van der Waals surface area contributed by atoms with Crippen molar-refractivity contribution in [3.8, 4) is 0 Å². The van der Waals surface area contributed by atoms with Crippen molar-refractivity contribution in [1.82, 2.24) is 5.32 Å². The molecule has 2 aromatic rings. The van der Waals surface area contributed by atoms with Gasteiger partial charge in [0.2, 0.25) is 5.91 Å². The zero-order chi connectivity index (χ0) is 20.1. The van der Waals surface area contributed by atoms with E-state index < -0.39 is 11.5 Å². The number of carbonyl (C=O) groups excluding carboxylic acids is 1. The maximum Gasteiger partial charge on any atom is 0.335 e. The molecular formula is C23H28N2O3. The maximum absolute atomic E-state index is 12.7. The third-order valence-electron chi connectivity index (χ3n) is 5.29. The van der Waals surface area contributed by atoms with E-state index in [1.165, 1.54) is 37.1 Å². The normalized spacial score (nSPS) is 14.6. The molecule has 0 spiro atoms. The van der Waals surface area contributed by atoms with Crippen LogP contribution in [-0.4, -0.2) is 30.1 Å². The van der Waals surface area contributed by atoms with Crippen LogP contribution in [0.5, 0.6) is 0 Å². The molecule has 1 aliphatic heterocycles. The van der Waals surface area contributed by atoms with E-state index in [1.807, 2.05) is 19.9 Å². The molecule has 2 aromatic carbocycles. The standard InChI is InChI=1S/C23H28N2O3/c1-23(2,19-8-4-5-9-20(19)25-14-6-3-7-15-25)24-21(26)16-17-10-12-18(13-11-17)22(27)28/h4-5,8-13H,3,6-7,14-16H2,1-2H3,(H,24,26)(H,27,28). The molecule has 1 amide bonds. The molecule has 0 aromatic heterocycles. The number of carbonyl (C=O) groups is 2. The Hall–Kier alpha value is -2.82. The van der Waals surface area contributed by atoms with Crippen LogP contribution in [0.3, 0.4) is 0 Å². The maximum atomic E-state index is 12.7. The minimum absolute atomic E-state index is 0.0819.